The average Bonchev–Trinajstić information content (AvgIpc) is 2.33. The maximum Gasteiger partial charge on any atom is 0.489 e. The van der Waals surface area contributed by atoms with Crippen LogP contribution in [0, 0.1) is 0 Å². The second-order valence-corrected chi connectivity index (χ2v) is 2.63. The number of aliphatic hydroxyl groups excluding tert-OH is 1. The Morgan fingerprint density at radius 2 is 2.10 bits per heavy atom. The van der Waals surface area contributed by atoms with Gasteiger partial charge in [-0.3, -0.25) is 0 Å². The fraction of sp³-hybridized carbons (Fsp3) is 0.200. The molecule has 0 aliphatic rings. The van der Waals surface area contributed by atoms with E-state index in [4.69, 9.17) is 15.2 Å². The number of aliphatic hydroxyl groups is 1. The molecule has 0 saturated heterocycles. The van der Waals surface area contributed by atoms with Crippen LogP contribution in [0.1, 0.15) is 5.56 Å². The lowest BCUT2D eigenvalue weighted by Crippen LogP contribution is -2.31. The molecule has 0 saturated carbocycles. The van der Waals surface area contributed by atoms with E-state index < -0.39 is 7.12 Å². The molecule has 10 heavy (non-hydrogen) atoms. The van der Waals surface area contributed by atoms with Gasteiger partial charge in [-0.25, -0.2) is 0 Å². The van der Waals surface area contributed by atoms with E-state index in [0.29, 0.717) is 11.0 Å². The molecule has 0 aliphatic carbocycles. The van der Waals surface area contributed by atoms with Crippen LogP contribution in [0.25, 0.3) is 0 Å². The Bertz CT molecular complexity index is 210. The molecule has 0 unspecified atom stereocenters. The van der Waals surface area contributed by atoms with Gasteiger partial charge in [0.05, 0.1) is 6.61 Å². The summed E-state index contributed by atoms with van der Waals surface area (Å²) >= 11 is 1.34. The van der Waals surface area contributed by atoms with Gasteiger partial charge in [-0.15, -0.1) is 0 Å². The Morgan fingerprint density at radius 1 is 1.40 bits per heavy atom. The first-order valence-corrected chi connectivity index (χ1v) is 3.72. The lowest BCUT2D eigenvalue weighted by molar-refractivity contribution is 0.282. The van der Waals surface area contributed by atoms with Crippen LogP contribution in [-0.2, 0) is 6.61 Å². The molecule has 1 aromatic rings. The Kier molecular flexibility index (Phi) is 2.45. The number of hydrogen-bond acceptors (Lipinski definition) is 4. The molecule has 1 heterocycles. The van der Waals surface area contributed by atoms with Crippen molar-refractivity contribution in [3.63, 3.8) is 0 Å². The van der Waals surface area contributed by atoms with Crippen LogP contribution in [0.2, 0.25) is 0 Å². The van der Waals surface area contributed by atoms with E-state index in [1.165, 1.54) is 11.3 Å². The highest BCUT2D eigenvalue weighted by Gasteiger charge is 2.15. The van der Waals surface area contributed by atoms with Gasteiger partial charge < -0.3 is 15.2 Å². The Balaban J connectivity index is 2.90. The second kappa shape index (κ2) is 3.16. The average molecular weight is 158 g/mol. The molecule has 1 aromatic heterocycles. The summed E-state index contributed by atoms with van der Waals surface area (Å²) in [6.45, 7) is -0.142. The molecule has 3 nitrogen and oxygen atoms in total. The summed E-state index contributed by atoms with van der Waals surface area (Å²) in [6, 6.07) is 0. The van der Waals surface area contributed by atoms with Gasteiger partial charge in [0.2, 0.25) is 0 Å². The van der Waals surface area contributed by atoms with Gasteiger partial charge in [0.25, 0.3) is 0 Å². The van der Waals surface area contributed by atoms with E-state index in [-0.39, 0.29) is 6.61 Å². The van der Waals surface area contributed by atoms with Crippen molar-refractivity contribution in [1.29, 1.82) is 0 Å². The lowest BCUT2D eigenvalue weighted by Gasteiger charge is -1.96. The molecule has 1 rings (SSSR count). The van der Waals surface area contributed by atoms with E-state index in [1.54, 1.807) is 10.8 Å². The highest BCUT2D eigenvalue weighted by Crippen LogP contribution is 2.03. The topological polar surface area (TPSA) is 60.7 Å². The molecule has 0 atom stereocenters. The van der Waals surface area contributed by atoms with E-state index >= 15 is 0 Å². The monoisotopic (exact) mass is 158 g/mol. The summed E-state index contributed by atoms with van der Waals surface area (Å²) in [5, 5.41) is 29.3. The van der Waals surface area contributed by atoms with Gasteiger partial charge in [0, 0.05) is 0 Å². The van der Waals surface area contributed by atoms with Crippen LogP contribution < -0.4 is 5.46 Å². The molecule has 0 amide bonds. The van der Waals surface area contributed by atoms with Crippen LogP contribution in [0.4, 0.5) is 0 Å². The van der Waals surface area contributed by atoms with Gasteiger partial charge >= 0.3 is 7.12 Å². The van der Waals surface area contributed by atoms with Crippen LogP contribution in [-0.4, -0.2) is 22.3 Å². The van der Waals surface area contributed by atoms with Crippen molar-refractivity contribution in [1.82, 2.24) is 0 Å². The maximum absolute atomic E-state index is 8.68. The molecule has 0 aromatic carbocycles. The normalized spacial score (nSPS) is 9.90. The van der Waals surface area contributed by atoms with Crippen LogP contribution >= 0.6 is 11.3 Å². The van der Waals surface area contributed by atoms with Crippen molar-refractivity contribution in [3.8, 4) is 0 Å². The van der Waals surface area contributed by atoms with Gasteiger partial charge in [-0.05, 0) is 21.8 Å². The molecule has 54 valence electrons. The molecule has 0 fully saturated rings. The maximum atomic E-state index is 8.68. The first kappa shape index (κ1) is 7.75. The number of rotatable bonds is 2. The molecule has 0 radical (unpaired) electrons. The van der Waals surface area contributed by atoms with Gasteiger partial charge in [0.1, 0.15) is 0 Å². The predicted molar refractivity (Wildman–Crippen MR) is 40.1 cm³/mol. The summed E-state index contributed by atoms with van der Waals surface area (Å²) in [7, 11) is -1.46. The minimum Gasteiger partial charge on any atom is -0.423 e. The Hall–Kier alpha value is -0.355. The van der Waals surface area contributed by atoms with Crippen LogP contribution in [0.5, 0.6) is 0 Å². The smallest absolute Gasteiger partial charge is 0.423 e. The third-order valence-electron chi connectivity index (χ3n) is 1.22. The fourth-order valence-corrected chi connectivity index (χ4v) is 1.55. The first-order valence-electron chi connectivity index (χ1n) is 2.77. The number of thiophene rings is 1. The molecule has 0 aliphatic heterocycles. The molecule has 0 spiro atoms. The highest BCUT2D eigenvalue weighted by molar-refractivity contribution is 7.09. The molecule has 5 heteroatoms. The van der Waals surface area contributed by atoms with Crippen molar-refractivity contribution < 1.29 is 15.2 Å². The second-order valence-electron chi connectivity index (χ2n) is 1.88. The Morgan fingerprint density at radius 3 is 2.50 bits per heavy atom. The van der Waals surface area contributed by atoms with Crippen molar-refractivity contribution in [2.24, 2.45) is 0 Å². The molecular weight excluding hydrogens is 151 g/mol. The molecular formula is C5H7BO3S. The Labute approximate surface area is 62.7 Å². The largest absolute Gasteiger partial charge is 0.489 e. The van der Waals surface area contributed by atoms with Gasteiger partial charge in [-0.2, -0.15) is 11.3 Å². The van der Waals surface area contributed by atoms with Gasteiger partial charge in [-0.1, -0.05) is 0 Å². The third kappa shape index (κ3) is 1.38. The highest BCUT2D eigenvalue weighted by atomic mass is 32.1. The van der Waals surface area contributed by atoms with Crippen LogP contribution in [0.15, 0.2) is 10.8 Å². The van der Waals surface area contributed by atoms with Crippen molar-refractivity contribution >= 4 is 23.9 Å². The zero-order valence-corrected chi connectivity index (χ0v) is 6.01. The zero-order chi connectivity index (χ0) is 7.56. The summed E-state index contributed by atoms with van der Waals surface area (Å²) in [5.74, 6) is 0. The summed E-state index contributed by atoms with van der Waals surface area (Å²) in [4.78, 5) is 0. The first-order chi connectivity index (χ1) is 4.75. The summed E-state index contributed by atoms with van der Waals surface area (Å²) in [5.41, 5.74) is 0.979. The van der Waals surface area contributed by atoms with E-state index in [0.717, 1.165) is 0 Å². The van der Waals surface area contributed by atoms with Crippen molar-refractivity contribution in [3.05, 3.63) is 16.3 Å². The zero-order valence-electron chi connectivity index (χ0n) is 5.19. The standard InChI is InChI=1S/C5H7BO3S/c7-1-4-2-10-3-5(4)6(8)9/h2-3,7-9H,1H2. The minimum absolute atomic E-state index is 0.142. The predicted octanol–water partition coefficient (Wildman–Crippen LogP) is -1.08. The number of hydrogen-bond donors (Lipinski definition) is 3. The summed E-state index contributed by atoms with van der Waals surface area (Å²) in [6.07, 6.45) is 0. The molecule has 0 bridgehead atoms. The SMILES string of the molecule is OCc1cscc1B(O)O. The lowest BCUT2D eigenvalue weighted by atomic mass is 9.80. The summed E-state index contributed by atoms with van der Waals surface area (Å²) < 4.78 is 0. The quantitative estimate of drug-likeness (QED) is 0.479. The van der Waals surface area contributed by atoms with Crippen molar-refractivity contribution in [2.45, 2.75) is 6.61 Å². The van der Waals surface area contributed by atoms with E-state index in [1.807, 2.05) is 0 Å². The minimum atomic E-state index is -1.46. The third-order valence-corrected chi connectivity index (χ3v) is 2.04. The van der Waals surface area contributed by atoms with E-state index in [9.17, 15) is 0 Å². The van der Waals surface area contributed by atoms with Crippen LogP contribution in [0.3, 0.4) is 0 Å². The molecule has 3 N–H and O–H groups in total. The van der Waals surface area contributed by atoms with Crippen molar-refractivity contribution in [2.75, 3.05) is 0 Å². The van der Waals surface area contributed by atoms with Gasteiger partial charge in [0.15, 0.2) is 0 Å². The fourth-order valence-electron chi connectivity index (χ4n) is 0.688. The van der Waals surface area contributed by atoms with E-state index in [2.05, 4.69) is 0 Å².